The standard InChI is InChI=1S/C13H21N3O4S/c1-8-10(5-4-9(12(17)18)13(8,2)3)16-21(19,20)11-6-14-7-15-11/h6-10,16H,4-5H2,1-3H3,(H,14,15)(H,17,18). The summed E-state index contributed by atoms with van der Waals surface area (Å²) in [4.78, 5) is 17.6. The fourth-order valence-electron chi connectivity index (χ4n) is 3.06. The van der Waals surface area contributed by atoms with Crippen LogP contribution in [0.4, 0.5) is 0 Å². The molecule has 3 unspecified atom stereocenters. The molecular formula is C13H21N3O4S. The number of aliphatic carboxylic acids is 1. The molecule has 0 aromatic carbocycles. The Morgan fingerprint density at radius 1 is 1.48 bits per heavy atom. The highest BCUT2D eigenvalue weighted by molar-refractivity contribution is 7.89. The average Bonchev–Trinajstić information content (AvgIpc) is 2.89. The zero-order chi connectivity index (χ0) is 15.8. The predicted octanol–water partition coefficient (Wildman–Crippen LogP) is 1.21. The smallest absolute Gasteiger partial charge is 0.307 e. The van der Waals surface area contributed by atoms with E-state index >= 15 is 0 Å². The maximum Gasteiger partial charge on any atom is 0.307 e. The highest BCUT2D eigenvalue weighted by Crippen LogP contribution is 2.45. The van der Waals surface area contributed by atoms with Gasteiger partial charge >= 0.3 is 5.97 Å². The predicted molar refractivity (Wildman–Crippen MR) is 76.0 cm³/mol. The van der Waals surface area contributed by atoms with Crippen LogP contribution in [0, 0.1) is 17.3 Å². The van der Waals surface area contributed by atoms with Crippen LogP contribution in [0.1, 0.15) is 33.6 Å². The molecule has 3 atom stereocenters. The summed E-state index contributed by atoms with van der Waals surface area (Å²) >= 11 is 0. The number of imidazole rings is 1. The Labute approximate surface area is 124 Å². The van der Waals surface area contributed by atoms with Gasteiger partial charge in [-0.3, -0.25) is 4.79 Å². The quantitative estimate of drug-likeness (QED) is 0.773. The Bertz CT molecular complexity index is 609. The number of aromatic amines is 1. The van der Waals surface area contributed by atoms with Crippen LogP contribution in [0.15, 0.2) is 17.6 Å². The number of hydrogen-bond donors (Lipinski definition) is 3. The van der Waals surface area contributed by atoms with E-state index in [9.17, 15) is 18.3 Å². The van der Waals surface area contributed by atoms with Crippen LogP contribution in [0.3, 0.4) is 0 Å². The topological polar surface area (TPSA) is 112 Å². The maximum absolute atomic E-state index is 12.2. The zero-order valence-electron chi connectivity index (χ0n) is 12.3. The lowest BCUT2D eigenvalue weighted by Crippen LogP contribution is -2.52. The molecule has 1 aromatic heterocycles. The van der Waals surface area contributed by atoms with Crippen LogP contribution in [0.5, 0.6) is 0 Å². The van der Waals surface area contributed by atoms with Gasteiger partial charge in [-0.05, 0) is 24.2 Å². The molecule has 1 heterocycles. The first kappa shape index (κ1) is 16.0. The van der Waals surface area contributed by atoms with Gasteiger partial charge in [0.2, 0.25) is 0 Å². The molecule has 1 aromatic rings. The highest BCUT2D eigenvalue weighted by atomic mass is 32.2. The lowest BCUT2D eigenvalue weighted by molar-refractivity contribution is -0.150. The largest absolute Gasteiger partial charge is 0.481 e. The van der Waals surface area contributed by atoms with Gasteiger partial charge in [0.05, 0.1) is 18.4 Å². The number of hydrogen-bond acceptors (Lipinski definition) is 4. The van der Waals surface area contributed by atoms with E-state index in [4.69, 9.17) is 0 Å². The third-order valence-electron chi connectivity index (χ3n) is 4.81. The Morgan fingerprint density at radius 3 is 2.67 bits per heavy atom. The average molecular weight is 315 g/mol. The molecule has 1 aliphatic rings. The summed E-state index contributed by atoms with van der Waals surface area (Å²) in [5.74, 6) is -1.37. The number of H-pyrrole nitrogens is 1. The molecule has 3 N–H and O–H groups in total. The number of rotatable bonds is 4. The van der Waals surface area contributed by atoms with Crippen molar-refractivity contribution in [1.29, 1.82) is 0 Å². The molecular weight excluding hydrogens is 294 g/mol. The van der Waals surface area contributed by atoms with Crippen LogP contribution in [-0.2, 0) is 14.8 Å². The Balaban J connectivity index is 2.18. The van der Waals surface area contributed by atoms with E-state index in [1.54, 1.807) is 0 Å². The first-order valence-electron chi connectivity index (χ1n) is 6.89. The molecule has 118 valence electrons. The van der Waals surface area contributed by atoms with Crippen LogP contribution in [0.25, 0.3) is 0 Å². The Morgan fingerprint density at radius 2 is 2.14 bits per heavy atom. The summed E-state index contributed by atoms with van der Waals surface area (Å²) in [5, 5.41) is 9.33. The molecule has 0 bridgehead atoms. The molecule has 7 nitrogen and oxygen atoms in total. The Kier molecular flexibility index (Phi) is 4.12. The normalized spacial score (nSPS) is 29.2. The van der Waals surface area contributed by atoms with E-state index in [1.807, 2.05) is 20.8 Å². The lowest BCUT2D eigenvalue weighted by Gasteiger charge is -2.46. The lowest BCUT2D eigenvalue weighted by atomic mass is 9.61. The number of aromatic nitrogens is 2. The summed E-state index contributed by atoms with van der Waals surface area (Å²) < 4.78 is 27.1. The van der Waals surface area contributed by atoms with E-state index in [0.29, 0.717) is 12.8 Å². The van der Waals surface area contributed by atoms with Crippen molar-refractivity contribution >= 4 is 16.0 Å². The number of carbonyl (C=O) groups is 1. The van der Waals surface area contributed by atoms with E-state index in [2.05, 4.69) is 14.7 Å². The van der Waals surface area contributed by atoms with Gasteiger partial charge in [0.25, 0.3) is 10.0 Å². The molecule has 0 saturated heterocycles. The van der Waals surface area contributed by atoms with Crippen molar-refractivity contribution in [2.45, 2.75) is 44.7 Å². The van der Waals surface area contributed by atoms with E-state index in [1.165, 1.54) is 12.5 Å². The van der Waals surface area contributed by atoms with Crippen molar-refractivity contribution in [2.24, 2.45) is 17.3 Å². The van der Waals surface area contributed by atoms with Gasteiger partial charge in [0, 0.05) is 6.04 Å². The molecule has 0 amide bonds. The van der Waals surface area contributed by atoms with Crippen LogP contribution in [0.2, 0.25) is 0 Å². The van der Waals surface area contributed by atoms with Gasteiger partial charge < -0.3 is 10.1 Å². The van der Waals surface area contributed by atoms with Gasteiger partial charge in [-0.25, -0.2) is 18.1 Å². The molecule has 1 saturated carbocycles. The van der Waals surface area contributed by atoms with Crippen molar-refractivity contribution < 1.29 is 18.3 Å². The number of carboxylic acids is 1. The fraction of sp³-hybridized carbons (Fsp3) is 0.692. The summed E-state index contributed by atoms with van der Waals surface area (Å²) in [6.45, 7) is 5.66. The highest BCUT2D eigenvalue weighted by Gasteiger charge is 2.47. The molecule has 21 heavy (non-hydrogen) atoms. The third kappa shape index (κ3) is 2.96. The van der Waals surface area contributed by atoms with Gasteiger partial charge in [0.15, 0.2) is 5.03 Å². The minimum atomic E-state index is -3.65. The molecule has 0 radical (unpaired) electrons. The molecule has 0 aliphatic heterocycles. The van der Waals surface area contributed by atoms with Crippen molar-refractivity contribution in [1.82, 2.24) is 14.7 Å². The molecule has 1 aliphatic carbocycles. The van der Waals surface area contributed by atoms with E-state index < -0.39 is 27.3 Å². The number of carboxylic acid groups (broad SMARTS) is 1. The van der Waals surface area contributed by atoms with Gasteiger partial charge in [-0.2, -0.15) is 0 Å². The maximum atomic E-state index is 12.2. The molecule has 8 heteroatoms. The SMILES string of the molecule is CC1C(NS(=O)(=O)c2cnc[nH]2)CCC(C(=O)O)C1(C)C. The number of sulfonamides is 1. The first-order valence-corrected chi connectivity index (χ1v) is 8.38. The number of nitrogens with zero attached hydrogens (tertiary/aromatic N) is 1. The van der Waals surface area contributed by atoms with Gasteiger partial charge in [0.1, 0.15) is 0 Å². The van der Waals surface area contributed by atoms with Gasteiger partial charge in [-0.1, -0.05) is 20.8 Å². The van der Waals surface area contributed by atoms with Crippen LogP contribution in [-0.4, -0.2) is 35.5 Å². The first-order chi connectivity index (χ1) is 9.66. The second kappa shape index (κ2) is 5.42. The van der Waals surface area contributed by atoms with Crippen molar-refractivity contribution in [2.75, 3.05) is 0 Å². The summed E-state index contributed by atoms with van der Waals surface area (Å²) in [6, 6.07) is -0.288. The molecule has 0 spiro atoms. The zero-order valence-corrected chi connectivity index (χ0v) is 13.1. The summed E-state index contributed by atoms with van der Waals surface area (Å²) in [7, 11) is -3.65. The second-order valence-corrected chi connectivity index (χ2v) is 7.90. The minimum Gasteiger partial charge on any atom is -0.481 e. The molecule has 1 fully saturated rings. The van der Waals surface area contributed by atoms with Crippen molar-refractivity contribution in [3.05, 3.63) is 12.5 Å². The fourth-order valence-corrected chi connectivity index (χ4v) is 4.31. The van der Waals surface area contributed by atoms with Gasteiger partial charge in [-0.15, -0.1) is 0 Å². The van der Waals surface area contributed by atoms with Crippen molar-refractivity contribution in [3.63, 3.8) is 0 Å². The van der Waals surface area contributed by atoms with Crippen LogP contribution < -0.4 is 4.72 Å². The minimum absolute atomic E-state index is 0.0212. The third-order valence-corrected chi connectivity index (χ3v) is 6.22. The monoisotopic (exact) mass is 315 g/mol. The van der Waals surface area contributed by atoms with E-state index in [0.717, 1.165) is 0 Å². The summed E-state index contributed by atoms with van der Waals surface area (Å²) in [5.41, 5.74) is -0.481. The summed E-state index contributed by atoms with van der Waals surface area (Å²) in [6.07, 6.45) is 3.53. The molecule has 2 rings (SSSR count). The van der Waals surface area contributed by atoms with E-state index in [-0.39, 0.29) is 17.0 Å². The number of nitrogens with one attached hydrogen (secondary N) is 2. The van der Waals surface area contributed by atoms with Crippen molar-refractivity contribution in [3.8, 4) is 0 Å². The van der Waals surface area contributed by atoms with Crippen LogP contribution >= 0.6 is 0 Å². The second-order valence-electron chi connectivity index (χ2n) is 6.22. The Hall–Kier alpha value is -1.41.